The summed E-state index contributed by atoms with van der Waals surface area (Å²) in [5.74, 6) is -12.9. The lowest BCUT2D eigenvalue weighted by atomic mass is 10.2. The molecule has 0 atom stereocenters. The molecule has 0 fully saturated rings. The minimum absolute atomic E-state index is 0.299. The average molecular weight is 605 g/mol. The molecule has 2 aromatic rings. The van der Waals surface area contributed by atoms with Crippen LogP contribution >= 0.6 is 22.6 Å². The van der Waals surface area contributed by atoms with Gasteiger partial charge in [-0.05, 0) is 61.6 Å². The topological polar surface area (TPSA) is 110 Å². The number of carbonyl (C=O) groups is 2. The highest BCUT2D eigenvalue weighted by molar-refractivity contribution is 14.1. The van der Waals surface area contributed by atoms with E-state index in [0.29, 0.717) is 9.26 Å². The molecule has 0 saturated carbocycles. The van der Waals surface area contributed by atoms with Crippen LogP contribution in [0.2, 0.25) is 0 Å². The third kappa shape index (κ3) is 5.92. The fourth-order valence-corrected chi connectivity index (χ4v) is 3.90. The summed E-state index contributed by atoms with van der Waals surface area (Å²) in [7, 11) is -4.26. The van der Waals surface area contributed by atoms with Gasteiger partial charge in [0.2, 0.25) is 17.4 Å². The zero-order valence-corrected chi connectivity index (χ0v) is 20.3. The van der Waals surface area contributed by atoms with Gasteiger partial charge in [-0.15, -0.1) is 0 Å². The Balaban J connectivity index is 2.38. The third-order valence-corrected chi connectivity index (χ3v) is 5.59. The molecule has 0 unspecified atom stereocenters. The van der Waals surface area contributed by atoms with Gasteiger partial charge in [0.15, 0.2) is 16.5 Å². The summed E-state index contributed by atoms with van der Waals surface area (Å²) in [4.78, 5) is 23.4. The second-order valence-corrected chi connectivity index (χ2v) is 10.0. The Morgan fingerprint density at radius 2 is 1.55 bits per heavy atom. The van der Waals surface area contributed by atoms with Crippen molar-refractivity contribution in [3.63, 3.8) is 0 Å². The molecule has 33 heavy (non-hydrogen) atoms. The number of amides is 1. The molecule has 0 spiro atoms. The highest BCUT2D eigenvalue weighted by atomic mass is 127. The van der Waals surface area contributed by atoms with E-state index in [-0.39, 0.29) is 5.56 Å². The highest BCUT2D eigenvalue weighted by Crippen LogP contribution is 2.33. The van der Waals surface area contributed by atoms with Gasteiger partial charge in [0.05, 0.1) is 11.3 Å². The fraction of sp³-hybridized carbons (Fsp3) is 0.263. The van der Waals surface area contributed by atoms with Gasteiger partial charge in [0.25, 0.3) is 0 Å². The summed E-state index contributed by atoms with van der Waals surface area (Å²) in [6, 6.07) is 3.56. The van der Waals surface area contributed by atoms with Gasteiger partial charge < -0.3 is 9.47 Å². The van der Waals surface area contributed by atoms with Crippen molar-refractivity contribution in [1.29, 1.82) is 0 Å². The van der Waals surface area contributed by atoms with Crippen LogP contribution in [0.5, 0.6) is 5.75 Å². The van der Waals surface area contributed by atoms with Gasteiger partial charge in [-0.2, -0.15) is 17.2 Å². The van der Waals surface area contributed by atoms with Gasteiger partial charge in [-0.25, -0.2) is 18.4 Å². The van der Waals surface area contributed by atoms with Crippen LogP contribution in [0, 0.1) is 26.8 Å². The standard InChI is InChI=1S/C19H16F4INO7S/c1-19(2,3)32-18(27)25(4)10-6-5-8(7-9(10)24)17(26)31-15-11(20)13(22)16(33(28,29)30)14(23)12(15)21/h5-7H,1-4H3,(H,28,29,30). The zero-order valence-electron chi connectivity index (χ0n) is 17.4. The first kappa shape index (κ1) is 26.8. The summed E-state index contributed by atoms with van der Waals surface area (Å²) < 4.78 is 96.6. The van der Waals surface area contributed by atoms with E-state index in [1.54, 1.807) is 43.4 Å². The van der Waals surface area contributed by atoms with E-state index in [9.17, 15) is 35.6 Å². The molecule has 0 aromatic heterocycles. The largest absolute Gasteiger partial charge is 0.443 e. The van der Waals surface area contributed by atoms with E-state index < -0.39 is 61.7 Å². The van der Waals surface area contributed by atoms with Gasteiger partial charge in [-0.3, -0.25) is 9.45 Å². The minimum atomic E-state index is -5.66. The summed E-state index contributed by atoms with van der Waals surface area (Å²) in [5, 5.41) is 0. The van der Waals surface area contributed by atoms with Crippen molar-refractivity contribution in [2.24, 2.45) is 0 Å². The number of nitrogens with zero attached hydrogens (tertiary/aromatic N) is 1. The molecule has 0 radical (unpaired) electrons. The first-order chi connectivity index (χ1) is 15.0. The number of halogens is 5. The van der Waals surface area contributed by atoms with Crippen molar-refractivity contribution >= 4 is 50.5 Å². The molecule has 2 rings (SSSR count). The number of carbonyl (C=O) groups excluding carboxylic acids is 2. The second-order valence-electron chi connectivity index (χ2n) is 7.48. The van der Waals surface area contributed by atoms with Crippen LogP contribution in [0.3, 0.4) is 0 Å². The Morgan fingerprint density at radius 3 is 1.97 bits per heavy atom. The van der Waals surface area contributed by atoms with E-state index in [1.807, 2.05) is 0 Å². The van der Waals surface area contributed by atoms with E-state index in [0.717, 1.165) is 17.0 Å². The maximum absolute atomic E-state index is 14.1. The first-order valence-corrected chi connectivity index (χ1v) is 11.3. The Labute approximate surface area is 199 Å². The number of hydrogen-bond donors (Lipinski definition) is 1. The van der Waals surface area contributed by atoms with Crippen LogP contribution in [0.15, 0.2) is 23.1 Å². The van der Waals surface area contributed by atoms with Crippen molar-refractivity contribution in [3.8, 4) is 5.75 Å². The van der Waals surface area contributed by atoms with Crippen LogP contribution < -0.4 is 9.64 Å². The number of anilines is 1. The molecule has 0 saturated heterocycles. The maximum atomic E-state index is 14.1. The van der Waals surface area contributed by atoms with Crippen molar-refractivity contribution < 1.29 is 49.6 Å². The molecule has 1 amide bonds. The Bertz CT molecular complexity index is 1220. The van der Waals surface area contributed by atoms with Crippen molar-refractivity contribution in [3.05, 3.63) is 50.6 Å². The summed E-state index contributed by atoms with van der Waals surface area (Å²) in [5.41, 5.74) is -0.794. The Kier molecular flexibility index (Phi) is 7.65. The number of ether oxygens (including phenoxy) is 2. The van der Waals surface area contributed by atoms with Gasteiger partial charge >= 0.3 is 22.2 Å². The van der Waals surface area contributed by atoms with E-state index in [1.165, 1.54) is 13.1 Å². The van der Waals surface area contributed by atoms with Crippen LogP contribution in [0.25, 0.3) is 0 Å². The molecule has 8 nitrogen and oxygen atoms in total. The van der Waals surface area contributed by atoms with Gasteiger partial charge in [0.1, 0.15) is 5.60 Å². The second kappa shape index (κ2) is 9.42. The predicted octanol–water partition coefficient (Wildman–Crippen LogP) is 4.68. The average Bonchev–Trinajstić information content (AvgIpc) is 2.66. The molecule has 14 heteroatoms. The van der Waals surface area contributed by atoms with Crippen LogP contribution in [0.4, 0.5) is 28.0 Å². The number of benzene rings is 2. The lowest BCUT2D eigenvalue weighted by molar-refractivity contribution is 0.0588. The fourth-order valence-electron chi connectivity index (χ4n) is 2.39. The van der Waals surface area contributed by atoms with Gasteiger partial charge in [-0.1, -0.05) is 0 Å². The molecule has 0 aliphatic heterocycles. The number of esters is 1. The predicted molar refractivity (Wildman–Crippen MR) is 115 cm³/mol. The SMILES string of the molecule is CN(C(=O)OC(C)(C)C)c1ccc(C(=O)Oc2c(F)c(F)c(S(=O)(=O)O)c(F)c2F)cc1I. The molecule has 0 aliphatic rings. The van der Waals surface area contributed by atoms with Crippen molar-refractivity contribution in [1.82, 2.24) is 0 Å². The Hall–Kier alpha value is -2.46. The third-order valence-electron chi connectivity index (χ3n) is 3.85. The minimum Gasteiger partial charge on any atom is -0.443 e. The van der Waals surface area contributed by atoms with Crippen LogP contribution in [-0.2, 0) is 14.9 Å². The van der Waals surface area contributed by atoms with Crippen molar-refractivity contribution in [2.75, 3.05) is 11.9 Å². The zero-order chi connectivity index (χ0) is 25.5. The van der Waals surface area contributed by atoms with E-state index >= 15 is 0 Å². The lowest BCUT2D eigenvalue weighted by Gasteiger charge is -2.25. The molecule has 0 aliphatic carbocycles. The summed E-state index contributed by atoms with van der Waals surface area (Å²) in [6.07, 6.45) is -0.704. The number of hydrogen-bond acceptors (Lipinski definition) is 6. The van der Waals surface area contributed by atoms with Crippen LogP contribution in [-0.4, -0.2) is 37.7 Å². The molecule has 0 heterocycles. The summed E-state index contributed by atoms with van der Waals surface area (Å²) in [6.45, 7) is 4.99. The van der Waals surface area contributed by atoms with Crippen molar-refractivity contribution in [2.45, 2.75) is 31.3 Å². The van der Waals surface area contributed by atoms with E-state index in [4.69, 9.17) is 9.29 Å². The van der Waals surface area contributed by atoms with Crippen LogP contribution in [0.1, 0.15) is 31.1 Å². The lowest BCUT2D eigenvalue weighted by Crippen LogP contribution is -2.34. The first-order valence-electron chi connectivity index (χ1n) is 8.77. The number of rotatable bonds is 4. The molecule has 0 bridgehead atoms. The molecule has 180 valence electrons. The molecular weight excluding hydrogens is 589 g/mol. The quantitative estimate of drug-likeness (QED) is 0.135. The smallest absolute Gasteiger partial charge is 0.414 e. The molecular formula is C19H16F4INO7S. The normalized spacial score (nSPS) is 11.8. The maximum Gasteiger partial charge on any atom is 0.414 e. The monoisotopic (exact) mass is 605 g/mol. The van der Waals surface area contributed by atoms with Gasteiger partial charge in [0, 0.05) is 10.6 Å². The highest BCUT2D eigenvalue weighted by Gasteiger charge is 2.34. The molecule has 2 aromatic carbocycles. The van der Waals surface area contributed by atoms with E-state index in [2.05, 4.69) is 4.74 Å². The Morgan fingerprint density at radius 1 is 1.03 bits per heavy atom. The summed E-state index contributed by atoms with van der Waals surface area (Å²) >= 11 is 1.75. The molecule has 1 N–H and O–H groups in total.